The molecule has 2 aromatic carbocycles. The number of anilines is 1. The summed E-state index contributed by atoms with van der Waals surface area (Å²) in [7, 11) is 0. The number of hydrogen-bond acceptors (Lipinski definition) is 5. The van der Waals surface area contributed by atoms with E-state index in [4.69, 9.17) is 23.2 Å². The number of benzene rings is 2. The van der Waals surface area contributed by atoms with Crippen LogP contribution in [0.2, 0.25) is 10.0 Å². The van der Waals surface area contributed by atoms with E-state index in [2.05, 4.69) is 5.32 Å². The predicted molar refractivity (Wildman–Crippen MR) is 93.9 cm³/mol. The number of carbonyl (C=O) groups is 1. The van der Waals surface area contributed by atoms with Crippen molar-refractivity contribution in [3.8, 4) is 0 Å². The molecule has 1 amide bonds. The van der Waals surface area contributed by atoms with Gasteiger partial charge in [0.1, 0.15) is 5.69 Å². The zero-order valence-electron chi connectivity index (χ0n) is 12.3. The molecule has 2 aromatic rings. The largest absolute Gasteiger partial charge is 0.317 e. The molecule has 10 heteroatoms. The van der Waals surface area contributed by atoms with Gasteiger partial charge < -0.3 is 5.32 Å². The summed E-state index contributed by atoms with van der Waals surface area (Å²) in [5.41, 5.74) is -0.666. The molecule has 2 rings (SSSR count). The number of hydrogen-bond donors (Lipinski definition) is 1. The first-order chi connectivity index (χ1) is 11.8. The smallest absolute Gasteiger partial charge is 0.299 e. The van der Waals surface area contributed by atoms with Crippen molar-refractivity contribution in [1.29, 1.82) is 0 Å². The summed E-state index contributed by atoms with van der Waals surface area (Å²) in [5, 5.41) is 24.8. The van der Waals surface area contributed by atoms with Gasteiger partial charge in [0.2, 0.25) is 5.91 Å². The molecule has 8 nitrogen and oxygen atoms in total. The Morgan fingerprint density at radius 3 is 2.36 bits per heavy atom. The van der Waals surface area contributed by atoms with Crippen LogP contribution in [0.4, 0.5) is 17.1 Å². The van der Waals surface area contributed by atoms with Gasteiger partial charge in [-0.05, 0) is 29.8 Å². The Hall–Kier alpha value is -2.97. The molecule has 0 aliphatic heterocycles. The average Bonchev–Trinajstić information content (AvgIpc) is 2.54. The van der Waals surface area contributed by atoms with Crippen LogP contribution in [0.1, 0.15) is 5.56 Å². The van der Waals surface area contributed by atoms with E-state index in [9.17, 15) is 25.0 Å². The summed E-state index contributed by atoms with van der Waals surface area (Å²) < 4.78 is 0. The molecule has 1 N–H and O–H groups in total. The minimum Gasteiger partial charge on any atom is -0.317 e. The highest BCUT2D eigenvalue weighted by atomic mass is 35.5. The van der Waals surface area contributed by atoms with Crippen molar-refractivity contribution in [3.05, 3.63) is 78.3 Å². The SMILES string of the molecule is O=C(C=Cc1ccc(Cl)cc1Cl)Nc1ccc([N+](=O)[O-])cc1[N+](=O)[O-]. The van der Waals surface area contributed by atoms with Crippen molar-refractivity contribution in [2.45, 2.75) is 0 Å². The third-order valence-corrected chi connectivity index (χ3v) is 3.59. The van der Waals surface area contributed by atoms with Gasteiger partial charge in [-0.1, -0.05) is 29.3 Å². The third-order valence-electron chi connectivity index (χ3n) is 3.02. The van der Waals surface area contributed by atoms with Gasteiger partial charge in [-0.25, -0.2) is 0 Å². The lowest BCUT2D eigenvalue weighted by Crippen LogP contribution is -2.09. The molecule has 0 unspecified atom stereocenters. The van der Waals surface area contributed by atoms with Crippen LogP contribution >= 0.6 is 23.2 Å². The Labute approximate surface area is 151 Å². The van der Waals surface area contributed by atoms with E-state index in [1.165, 1.54) is 12.1 Å². The monoisotopic (exact) mass is 381 g/mol. The van der Waals surface area contributed by atoms with Crippen molar-refractivity contribution >= 4 is 52.2 Å². The fourth-order valence-corrected chi connectivity index (χ4v) is 2.34. The molecule has 0 atom stereocenters. The molecule has 0 bridgehead atoms. The number of nitrogens with one attached hydrogen (secondary N) is 1. The van der Waals surface area contributed by atoms with Crippen LogP contribution in [-0.4, -0.2) is 15.8 Å². The molecule has 0 aliphatic rings. The summed E-state index contributed by atoms with van der Waals surface area (Å²) in [6.07, 6.45) is 2.53. The number of amides is 1. The molecular weight excluding hydrogens is 373 g/mol. The molecule has 128 valence electrons. The second kappa shape index (κ2) is 7.73. The van der Waals surface area contributed by atoms with Gasteiger partial charge in [0.15, 0.2) is 0 Å². The Balaban J connectivity index is 2.21. The highest BCUT2D eigenvalue weighted by Gasteiger charge is 2.20. The van der Waals surface area contributed by atoms with E-state index in [0.717, 1.165) is 24.3 Å². The second-order valence-corrected chi connectivity index (χ2v) is 5.55. The average molecular weight is 382 g/mol. The number of rotatable bonds is 5. The van der Waals surface area contributed by atoms with Gasteiger partial charge in [0.05, 0.1) is 15.9 Å². The number of carbonyl (C=O) groups excluding carboxylic acids is 1. The number of nitro benzene ring substituents is 2. The summed E-state index contributed by atoms with van der Waals surface area (Å²) in [6.45, 7) is 0. The number of nitrogens with zero attached hydrogens (tertiary/aromatic N) is 2. The Morgan fingerprint density at radius 2 is 1.76 bits per heavy atom. The third kappa shape index (κ3) is 4.75. The van der Waals surface area contributed by atoms with Gasteiger partial charge in [-0.15, -0.1) is 0 Å². The summed E-state index contributed by atoms with van der Waals surface area (Å²) >= 11 is 11.7. The normalized spacial score (nSPS) is 10.6. The van der Waals surface area contributed by atoms with E-state index >= 15 is 0 Å². The topological polar surface area (TPSA) is 115 Å². The Morgan fingerprint density at radius 1 is 1.04 bits per heavy atom. The predicted octanol–water partition coefficient (Wildman–Crippen LogP) is 4.46. The molecule has 25 heavy (non-hydrogen) atoms. The molecule has 0 fully saturated rings. The van der Waals surface area contributed by atoms with E-state index in [0.29, 0.717) is 15.6 Å². The number of halogens is 2. The quantitative estimate of drug-likeness (QED) is 0.466. The maximum atomic E-state index is 11.9. The number of nitro groups is 2. The van der Waals surface area contributed by atoms with Gasteiger partial charge in [0, 0.05) is 22.2 Å². The minimum absolute atomic E-state index is 0.160. The molecular formula is C15H9Cl2N3O5. The first-order valence-corrected chi connectivity index (χ1v) is 7.40. The zero-order valence-corrected chi connectivity index (χ0v) is 13.8. The molecule has 0 saturated heterocycles. The molecule has 0 spiro atoms. The van der Waals surface area contributed by atoms with Gasteiger partial charge in [-0.2, -0.15) is 0 Å². The highest BCUT2D eigenvalue weighted by molar-refractivity contribution is 6.35. The summed E-state index contributed by atoms with van der Waals surface area (Å²) in [5.74, 6) is -0.664. The van der Waals surface area contributed by atoms with E-state index in [1.54, 1.807) is 12.1 Å². The summed E-state index contributed by atoms with van der Waals surface area (Å²) in [6, 6.07) is 7.62. The van der Waals surface area contributed by atoms with Crippen LogP contribution in [0.25, 0.3) is 6.08 Å². The first kappa shape index (κ1) is 18.4. The van der Waals surface area contributed by atoms with Crippen molar-refractivity contribution in [2.24, 2.45) is 0 Å². The van der Waals surface area contributed by atoms with Gasteiger partial charge in [0.25, 0.3) is 11.4 Å². The van der Waals surface area contributed by atoms with Gasteiger partial charge in [-0.3, -0.25) is 25.0 Å². The standard InChI is InChI=1S/C15H9Cl2N3O5/c16-10-3-1-9(12(17)7-10)2-6-15(21)18-13-5-4-11(19(22)23)8-14(13)20(24)25/h1-8H,(H,18,21). The minimum atomic E-state index is -0.817. The number of non-ortho nitro benzene ring substituents is 1. The maximum Gasteiger partial charge on any atom is 0.299 e. The van der Waals surface area contributed by atoms with Crippen molar-refractivity contribution < 1.29 is 14.6 Å². The van der Waals surface area contributed by atoms with E-state index in [1.807, 2.05) is 0 Å². The van der Waals surface area contributed by atoms with Crippen LogP contribution in [0.3, 0.4) is 0 Å². The van der Waals surface area contributed by atoms with Crippen LogP contribution in [0.5, 0.6) is 0 Å². The molecule has 0 aliphatic carbocycles. The Kier molecular flexibility index (Phi) is 5.68. The van der Waals surface area contributed by atoms with E-state index < -0.39 is 27.1 Å². The summed E-state index contributed by atoms with van der Waals surface area (Å²) in [4.78, 5) is 32.1. The fraction of sp³-hybridized carbons (Fsp3) is 0. The first-order valence-electron chi connectivity index (χ1n) is 6.65. The Bertz CT molecular complexity index is 899. The van der Waals surface area contributed by atoms with E-state index in [-0.39, 0.29) is 5.69 Å². The van der Waals surface area contributed by atoms with Crippen molar-refractivity contribution in [2.75, 3.05) is 5.32 Å². The molecule has 0 radical (unpaired) electrons. The van der Waals surface area contributed by atoms with Crippen LogP contribution in [-0.2, 0) is 4.79 Å². The lowest BCUT2D eigenvalue weighted by molar-refractivity contribution is -0.393. The second-order valence-electron chi connectivity index (χ2n) is 4.70. The maximum absolute atomic E-state index is 11.9. The van der Waals surface area contributed by atoms with Crippen LogP contribution in [0.15, 0.2) is 42.5 Å². The highest BCUT2D eigenvalue weighted by Crippen LogP contribution is 2.29. The lowest BCUT2D eigenvalue weighted by Gasteiger charge is -2.04. The molecule has 0 heterocycles. The van der Waals surface area contributed by atoms with Crippen molar-refractivity contribution in [1.82, 2.24) is 0 Å². The van der Waals surface area contributed by atoms with Gasteiger partial charge >= 0.3 is 0 Å². The lowest BCUT2D eigenvalue weighted by atomic mass is 10.2. The van der Waals surface area contributed by atoms with Crippen LogP contribution < -0.4 is 5.32 Å². The fourth-order valence-electron chi connectivity index (χ4n) is 1.87. The molecule has 0 saturated carbocycles. The molecule has 0 aromatic heterocycles. The van der Waals surface area contributed by atoms with Crippen LogP contribution in [0, 0.1) is 20.2 Å². The van der Waals surface area contributed by atoms with Crippen molar-refractivity contribution in [3.63, 3.8) is 0 Å². The zero-order chi connectivity index (χ0) is 18.6.